The van der Waals surface area contributed by atoms with Crippen molar-refractivity contribution in [2.24, 2.45) is 0 Å². The van der Waals surface area contributed by atoms with Gasteiger partial charge in [0.15, 0.2) is 11.5 Å². The third kappa shape index (κ3) is 3.38. The minimum atomic E-state index is -0.442. The van der Waals surface area contributed by atoms with Gasteiger partial charge in [0.1, 0.15) is 11.8 Å². The Morgan fingerprint density at radius 3 is 2.32 bits per heavy atom. The van der Waals surface area contributed by atoms with Crippen LogP contribution in [-0.4, -0.2) is 21.7 Å². The topological polar surface area (TPSA) is 70.4 Å². The lowest BCUT2D eigenvalue weighted by atomic mass is 10.1. The largest absolute Gasteiger partial charge is 0.480 e. The van der Waals surface area contributed by atoms with Gasteiger partial charge in [-0.05, 0) is 25.1 Å². The molecule has 1 heterocycles. The monoisotopic (exact) mass is 338 g/mol. The lowest BCUT2D eigenvalue weighted by Gasteiger charge is -2.15. The van der Waals surface area contributed by atoms with Crippen molar-refractivity contribution in [3.8, 4) is 11.5 Å². The van der Waals surface area contributed by atoms with Crippen LogP contribution in [0.2, 0.25) is 0 Å². The van der Waals surface area contributed by atoms with Gasteiger partial charge in [-0.2, -0.15) is 9.78 Å². The molecular formula is C19H18N2O4. The average molecular weight is 338 g/mol. The van der Waals surface area contributed by atoms with Crippen LogP contribution in [0.3, 0.4) is 0 Å². The molecule has 0 unspecified atom stereocenters. The fourth-order valence-electron chi connectivity index (χ4n) is 2.66. The Bertz CT molecular complexity index is 946. The summed E-state index contributed by atoms with van der Waals surface area (Å²) >= 11 is 0. The van der Waals surface area contributed by atoms with Gasteiger partial charge in [-0.3, -0.25) is 9.59 Å². The molecule has 0 fully saturated rings. The summed E-state index contributed by atoms with van der Waals surface area (Å²) in [4.78, 5) is 23.1. The smallest absolute Gasteiger partial charge is 0.308 e. The van der Waals surface area contributed by atoms with E-state index in [9.17, 15) is 9.59 Å². The van der Waals surface area contributed by atoms with E-state index in [-0.39, 0.29) is 5.91 Å². The molecule has 128 valence electrons. The zero-order valence-corrected chi connectivity index (χ0v) is 14.2. The van der Waals surface area contributed by atoms with Crippen LogP contribution in [0.1, 0.15) is 37.4 Å². The second-order valence-electron chi connectivity index (χ2n) is 5.63. The second kappa shape index (κ2) is 6.76. The number of fused-ring (bicyclic) bond motifs is 1. The second-order valence-corrected chi connectivity index (χ2v) is 5.63. The Balaban J connectivity index is 1.98. The summed E-state index contributed by atoms with van der Waals surface area (Å²) in [6.07, 6.45) is -0.442. The number of ether oxygens (including phenoxy) is 2. The van der Waals surface area contributed by atoms with Crippen molar-refractivity contribution < 1.29 is 19.1 Å². The van der Waals surface area contributed by atoms with Gasteiger partial charge in [0.05, 0.1) is 5.52 Å². The van der Waals surface area contributed by atoms with Gasteiger partial charge in [0.25, 0.3) is 0 Å². The molecule has 0 aliphatic carbocycles. The van der Waals surface area contributed by atoms with Crippen molar-refractivity contribution in [3.05, 3.63) is 54.2 Å². The van der Waals surface area contributed by atoms with Gasteiger partial charge in [-0.15, -0.1) is 0 Å². The molecule has 1 atom stereocenters. The van der Waals surface area contributed by atoms with E-state index in [1.807, 2.05) is 31.2 Å². The Kier molecular flexibility index (Phi) is 4.52. The van der Waals surface area contributed by atoms with Gasteiger partial charge in [0.2, 0.25) is 5.91 Å². The molecule has 2 aromatic carbocycles. The fraction of sp³-hybridized carbons (Fsp3) is 0.211. The highest BCUT2D eigenvalue weighted by molar-refractivity contribution is 5.91. The van der Waals surface area contributed by atoms with Gasteiger partial charge in [-0.25, -0.2) is 0 Å². The fourth-order valence-corrected chi connectivity index (χ4v) is 2.66. The maximum atomic E-state index is 11.8. The van der Waals surface area contributed by atoms with Crippen molar-refractivity contribution in [2.45, 2.75) is 26.9 Å². The van der Waals surface area contributed by atoms with Crippen molar-refractivity contribution in [3.63, 3.8) is 0 Å². The number of hydrogen-bond donors (Lipinski definition) is 0. The van der Waals surface area contributed by atoms with E-state index >= 15 is 0 Å². The average Bonchev–Trinajstić information content (AvgIpc) is 2.96. The minimum absolute atomic E-state index is 0.171. The number of benzene rings is 2. The van der Waals surface area contributed by atoms with E-state index in [1.54, 1.807) is 24.3 Å². The van der Waals surface area contributed by atoms with Crippen molar-refractivity contribution in [1.82, 2.24) is 9.78 Å². The highest BCUT2D eigenvalue weighted by atomic mass is 16.6. The predicted octanol–water partition coefficient (Wildman–Crippen LogP) is 3.76. The zero-order valence-electron chi connectivity index (χ0n) is 14.2. The molecule has 0 spiro atoms. The van der Waals surface area contributed by atoms with E-state index in [4.69, 9.17) is 9.47 Å². The zero-order chi connectivity index (χ0) is 18.0. The molecule has 0 amide bonds. The van der Waals surface area contributed by atoms with E-state index in [1.165, 1.54) is 18.5 Å². The first-order valence-corrected chi connectivity index (χ1v) is 7.90. The third-order valence-electron chi connectivity index (χ3n) is 3.71. The van der Waals surface area contributed by atoms with E-state index in [2.05, 4.69) is 5.10 Å². The molecular weight excluding hydrogens is 320 g/mol. The first-order chi connectivity index (χ1) is 12.0. The number of hydrogen-bond acceptors (Lipinski definition) is 5. The summed E-state index contributed by atoms with van der Waals surface area (Å²) in [5.41, 5.74) is 1.37. The van der Waals surface area contributed by atoms with Crippen molar-refractivity contribution in [1.29, 1.82) is 0 Å². The quantitative estimate of drug-likeness (QED) is 0.535. The first kappa shape index (κ1) is 16.7. The SMILES string of the molecule is CC(=O)Oc1ccccc1O[C@H](C)c1nn(C(C)=O)c2ccccc12. The van der Waals surface area contributed by atoms with Crippen molar-refractivity contribution >= 4 is 22.8 Å². The van der Waals surface area contributed by atoms with Crippen LogP contribution in [0.15, 0.2) is 48.5 Å². The van der Waals surface area contributed by atoms with Crippen LogP contribution in [0.4, 0.5) is 0 Å². The van der Waals surface area contributed by atoms with E-state index < -0.39 is 12.1 Å². The molecule has 25 heavy (non-hydrogen) atoms. The molecule has 3 aromatic rings. The van der Waals surface area contributed by atoms with Crippen LogP contribution < -0.4 is 9.47 Å². The number of carbonyl (C=O) groups excluding carboxylic acids is 2. The molecule has 0 radical (unpaired) electrons. The lowest BCUT2D eigenvalue weighted by Crippen LogP contribution is -2.10. The number of carbonyl (C=O) groups is 2. The maximum absolute atomic E-state index is 11.8. The number of para-hydroxylation sites is 3. The van der Waals surface area contributed by atoms with Gasteiger partial charge in [-0.1, -0.05) is 30.3 Å². The van der Waals surface area contributed by atoms with Crippen LogP contribution in [0.5, 0.6) is 11.5 Å². The van der Waals surface area contributed by atoms with Gasteiger partial charge >= 0.3 is 5.97 Å². The highest BCUT2D eigenvalue weighted by Gasteiger charge is 2.20. The Morgan fingerprint density at radius 1 is 1.00 bits per heavy atom. The van der Waals surface area contributed by atoms with Gasteiger partial charge in [0, 0.05) is 19.2 Å². The summed E-state index contributed by atoms with van der Waals surface area (Å²) in [6, 6.07) is 14.4. The normalized spacial score (nSPS) is 12.0. The van der Waals surface area contributed by atoms with Crippen LogP contribution in [0.25, 0.3) is 10.9 Å². The van der Waals surface area contributed by atoms with Crippen molar-refractivity contribution in [2.75, 3.05) is 0 Å². The van der Waals surface area contributed by atoms with E-state index in [0.29, 0.717) is 17.2 Å². The maximum Gasteiger partial charge on any atom is 0.308 e. The molecule has 0 N–H and O–H groups in total. The lowest BCUT2D eigenvalue weighted by molar-refractivity contribution is -0.132. The predicted molar refractivity (Wildman–Crippen MR) is 92.8 cm³/mol. The summed E-state index contributed by atoms with van der Waals surface area (Å²) < 4.78 is 12.5. The number of nitrogens with zero attached hydrogens (tertiary/aromatic N) is 2. The standard InChI is InChI=1S/C19H18N2O4/c1-12(24-17-10-6-7-11-18(17)25-14(3)23)19-15-8-4-5-9-16(15)21(20-19)13(2)22/h4-12H,1-3H3/t12-/m1/s1. The van der Waals surface area contributed by atoms with Crippen LogP contribution in [-0.2, 0) is 4.79 Å². The number of rotatable bonds is 4. The molecule has 0 saturated carbocycles. The highest BCUT2D eigenvalue weighted by Crippen LogP contribution is 2.33. The molecule has 1 aromatic heterocycles. The van der Waals surface area contributed by atoms with Crippen LogP contribution >= 0.6 is 0 Å². The molecule has 6 nitrogen and oxygen atoms in total. The third-order valence-corrected chi connectivity index (χ3v) is 3.71. The molecule has 6 heteroatoms. The summed E-state index contributed by atoms with van der Waals surface area (Å²) in [5.74, 6) is 0.189. The van der Waals surface area contributed by atoms with Gasteiger partial charge < -0.3 is 9.47 Å². The molecule has 3 rings (SSSR count). The van der Waals surface area contributed by atoms with E-state index in [0.717, 1.165) is 10.9 Å². The summed E-state index contributed by atoms with van der Waals surface area (Å²) in [7, 11) is 0. The minimum Gasteiger partial charge on any atom is -0.480 e. The Labute approximate surface area is 145 Å². The van der Waals surface area contributed by atoms with Crippen LogP contribution in [0, 0.1) is 0 Å². The summed E-state index contributed by atoms with van der Waals surface area (Å²) in [6.45, 7) is 4.64. The number of esters is 1. The Hall–Kier alpha value is -3.15. The number of aromatic nitrogens is 2. The first-order valence-electron chi connectivity index (χ1n) is 7.90. The Morgan fingerprint density at radius 2 is 1.64 bits per heavy atom. The molecule has 0 saturated heterocycles. The molecule has 0 aliphatic heterocycles. The summed E-state index contributed by atoms with van der Waals surface area (Å²) in [5, 5.41) is 5.25. The molecule has 0 bridgehead atoms. The molecule has 0 aliphatic rings.